The Bertz CT molecular complexity index is 591. The SMILES string of the molecule is C=CC(=O)Oc1ccc(Nc2ccccc2)cc1C. The van der Waals surface area contributed by atoms with E-state index in [0.717, 1.165) is 23.0 Å². The molecule has 0 amide bonds. The normalized spacial score (nSPS) is 9.74. The van der Waals surface area contributed by atoms with Crippen LogP contribution in [-0.2, 0) is 4.79 Å². The molecular formula is C16H15NO2. The van der Waals surface area contributed by atoms with Crippen LogP contribution < -0.4 is 10.1 Å². The van der Waals surface area contributed by atoms with Gasteiger partial charge in [0, 0.05) is 17.5 Å². The molecule has 0 unspecified atom stereocenters. The van der Waals surface area contributed by atoms with Crippen molar-refractivity contribution in [2.75, 3.05) is 5.32 Å². The Hall–Kier alpha value is -2.55. The third-order valence-corrected chi connectivity index (χ3v) is 2.61. The molecule has 3 heteroatoms. The first-order chi connectivity index (χ1) is 9.19. The molecule has 19 heavy (non-hydrogen) atoms. The van der Waals surface area contributed by atoms with E-state index in [1.54, 1.807) is 6.07 Å². The summed E-state index contributed by atoms with van der Waals surface area (Å²) in [6.07, 6.45) is 1.15. The van der Waals surface area contributed by atoms with E-state index in [2.05, 4.69) is 11.9 Å². The smallest absolute Gasteiger partial charge is 0.335 e. The fourth-order valence-electron chi connectivity index (χ4n) is 1.68. The molecule has 0 radical (unpaired) electrons. The minimum Gasteiger partial charge on any atom is -0.423 e. The second-order valence-corrected chi connectivity index (χ2v) is 4.10. The Morgan fingerprint density at radius 3 is 2.53 bits per heavy atom. The average Bonchev–Trinajstić information content (AvgIpc) is 2.43. The summed E-state index contributed by atoms with van der Waals surface area (Å²) < 4.78 is 5.11. The van der Waals surface area contributed by atoms with Crippen LogP contribution in [0.1, 0.15) is 5.56 Å². The van der Waals surface area contributed by atoms with E-state index in [9.17, 15) is 4.79 Å². The van der Waals surface area contributed by atoms with E-state index in [-0.39, 0.29) is 0 Å². The molecule has 0 saturated heterocycles. The molecule has 96 valence electrons. The first kappa shape index (κ1) is 12.9. The van der Waals surface area contributed by atoms with Gasteiger partial charge < -0.3 is 10.1 Å². The van der Waals surface area contributed by atoms with Crippen molar-refractivity contribution in [3.8, 4) is 5.75 Å². The van der Waals surface area contributed by atoms with Gasteiger partial charge in [0.2, 0.25) is 0 Å². The summed E-state index contributed by atoms with van der Waals surface area (Å²) in [5.41, 5.74) is 2.84. The van der Waals surface area contributed by atoms with Crippen LogP contribution in [0, 0.1) is 6.92 Å². The van der Waals surface area contributed by atoms with Gasteiger partial charge in [0.15, 0.2) is 0 Å². The molecule has 0 spiro atoms. The number of aryl methyl sites for hydroxylation is 1. The van der Waals surface area contributed by atoms with Crippen LogP contribution in [0.2, 0.25) is 0 Å². The van der Waals surface area contributed by atoms with Gasteiger partial charge in [-0.05, 0) is 42.8 Å². The minimum absolute atomic E-state index is 0.452. The number of hydrogen-bond donors (Lipinski definition) is 1. The van der Waals surface area contributed by atoms with E-state index in [0.29, 0.717) is 5.75 Å². The number of benzene rings is 2. The van der Waals surface area contributed by atoms with Gasteiger partial charge in [0.1, 0.15) is 5.75 Å². The van der Waals surface area contributed by atoms with Crippen molar-refractivity contribution in [2.24, 2.45) is 0 Å². The van der Waals surface area contributed by atoms with Crippen molar-refractivity contribution in [2.45, 2.75) is 6.92 Å². The standard InChI is InChI=1S/C16H15NO2/c1-3-16(18)19-15-10-9-14(11-12(15)2)17-13-7-5-4-6-8-13/h3-11,17H,1H2,2H3. The predicted octanol–water partition coefficient (Wildman–Crippen LogP) is 3.83. The molecule has 0 aromatic heterocycles. The Balaban J connectivity index is 2.15. The lowest BCUT2D eigenvalue weighted by Crippen LogP contribution is -2.04. The van der Waals surface area contributed by atoms with E-state index in [4.69, 9.17) is 4.74 Å². The molecule has 3 nitrogen and oxygen atoms in total. The Morgan fingerprint density at radius 1 is 1.16 bits per heavy atom. The van der Waals surface area contributed by atoms with Crippen molar-refractivity contribution in [3.63, 3.8) is 0 Å². The number of carbonyl (C=O) groups excluding carboxylic acids is 1. The van der Waals surface area contributed by atoms with Gasteiger partial charge in [0.05, 0.1) is 0 Å². The molecule has 0 heterocycles. The minimum atomic E-state index is -0.452. The number of hydrogen-bond acceptors (Lipinski definition) is 3. The van der Waals surface area contributed by atoms with E-state index in [1.807, 2.05) is 49.4 Å². The van der Waals surface area contributed by atoms with Crippen LogP contribution in [0.5, 0.6) is 5.75 Å². The van der Waals surface area contributed by atoms with Crippen molar-refractivity contribution in [1.29, 1.82) is 0 Å². The number of anilines is 2. The highest BCUT2D eigenvalue weighted by molar-refractivity contribution is 5.83. The maximum absolute atomic E-state index is 11.2. The highest BCUT2D eigenvalue weighted by Gasteiger charge is 2.04. The summed E-state index contributed by atoms with van der Waals surface area (Å²) >= 11 is 0. The maximum atomic E-state index is 11.2. The van der Waals surface area contributed by atoms with Gasteiger partial charge >= 0.3 is 5.97 Å². The second kappa shape index (κ2) is 5.87. The largest absolute Gasteiger partial charge is 0.423 e. The summed E-state index contributed by atoms with van der Waals surface area (Å²) in [7, 11) is 0. The van der Waals surface area contributed by atoms with Crippen molar-refractivity contribution < 1.29 is 9.53 Å². The topological polar surface area (TPSA) is 38.3 Å². The van der Waals surface area contributed by atoms with Gasteiger partial charge in [-0.1, -0.05) is 24.8 Å². The number of carbonyl (C=O) groups is 1. The van der Waals surface area contributed by atoms with Crippen LogP contribution in [0.25, 0.3) is 0 Å². The van der Waals surface area contributed by atoms with Gasteiger partial charge in [-0.15, -0.1) is 0 Å². The van der Waals surface area contributed by atoms with Gasteiger partial charge in [-0.2, -0.15) is 0 Å². The molecule has 2 aromatic carbocycles. The zero-order chi connectivity index (χ0) is 13.7. The number of nitrogens with one attached hydrogen (secondary N) is 1. The fourth-order valence-corrected chi connectivity index (χ4v) is 1.68. The fraction of sp³-hybridized carbons (Fsp3) is 0.0625. The molecule has 2 aromatic rings. The highest BCUT2D eigenvalue weighted by atomic mass is 16.5. The lowest BCUT2D eigenvalue weighted by Gasteiger charge is -2.10. The Labute approximate surface area is 112 Å². The summed E-state index contributed by atoms with van der Waals surface area (Å²) in [5.74, 6) is 0.0929. The van der Waals surface area contributed by atoms with Crippen molar-refractivity contribution in [3.05, 3.63) is 66.7 Å². The molecular weight excluding hydrogens is 238 g/mol. The summed E-state index contributed by atoms with van der Waals surface area (Å²) in [6.45, 7) is 5.26. The van der Waals surface area contributed by atoms with Crippen LogP contribution in [0.15, 0.2) is 61.2 Å². The van der Waals surface area contributed by atoms with Crippen LogP contribution in [0.3, 0.4) is 0 Å². The van der Waals surface area contributed by atoms with Gasteiger partial charge in [0.25, 0.3) is 0 Å². The third kappa shape index (κ3) is 3.45. The van der Waals surface area contributed by atoms with E-state index >= 15 is 0 Å². The molecule has 0 bridgehead atoms. The predicted molar refractivity (Wildman–Crippen MR) is 76.7 cm³/mol. The highest BCUT2D eigenvalue weighted by Crippen LogP contribution is 2.24. The molecule has 0 aliphatic rings. The first-order valence-electron chi connectivity index (χ1n) is 5.96. The first-order valence-corrected chi connectivity index (χ1v) is 5.96. The number of para-hydroxylation sites is 1. The molecule has 0 fully saturated rings. The van der Waals surface area contributed by atoms with Gasteiger partial charge in [-0.3, -0.25) is 0 Å². The molecule has 0 aliphatic heterocycles. The summed E-state index contributed by atoms with van der Waals surface area (Å²) in [5, 5.41) is 3.28. The quantitative estimate of drug-likeness (QED) is 0.511. The Morgan fingerprint density at radius 2 is 1.89 bits per heavy atom. The summed E-state index contributed by atoms with van der Waals surface area (Å²) in [6, 6.07) is 15.4. The molecule has 1 N–H and O–H groups in total. The lowest BCUT2D eigenvalue weighted by atomic mass is 10.2. The number of esters is 1. The zero-order valence-electron chi connectivity index (χ0n) is 10.7. The maximum Gasteiger partial charge on any atom is 0.335 e. The van der Waals surface area contributed by atoms with Crippen LogP contribution in [-0.4, -0.2) is 5.97 Å². The zero-order valence-corrected chi connectivity index (χ0v) is 10.7. The van der Waals surface area contributed by atoms with Crippen molar-refractivity contribution >= 4 is 17.3 Å². The van der Waals surface area contributed by atoms with Crippen molar-refractivity contribution in [1.82, 2.24) is 0 Å². The average molecular weight is 253 g/mol. The van der Waals surface area contributed by atoms with Crippen LogP contribution in [0.4, 0.5) is 11.4 Å². The van der Waals surface area contributed by atoms with Gasteiger partial charge in [-0.25, -0.2) is 4.79 Å². The van der Waals surface area contributed by atoms with E-state index < -0.39 is 5.97 Å². The Kier molecular flexibility index (Phi) is 3.98. The lowest BCUT2D eigenvalue weighted by molar-refractivity contribution is -0.129. The number of ether oxygens (including phenoxy) is 1. The third-order valence-electron chi connectivity index (χ3n) is 2.61. The summed E-state index contributed by atoms with van der Waals surface area (Å²) in [4.78, 5) is 11.2. The monoisotopic (exact) mass is 253 g/mol. The molecule has 0 aliphatic carbocycles. The number of rotatable bonds is 4. The second-order valence-electron chi connectivity index (χ2n) is 4.10. The molecule has 2 rings (SSSR count). The van der Waals surface area contributed by atoms with E-state index in [1.165, 1.54) is 0 Å². The molecule has 0 saturated carbocycles. The van der Waals surface area contributed by atoms with Crippen LogP contribution >= 0.6 is 0 Å². The molecule has 0 atom stereocenters.